The minimum atomic E-state index is -5.83. The van der Waals surface area contributed by atoms with Gasteiger partial charge in [0.2, 0.25) is 10.0 Å². The van der Waals surface area contributed by atoms with Crippen molar-refractivity contribution in [2.45, 2.75) is 33.0 Å². The molecule has 0 saturated carbocycles. The Morgan fingerprint density at radius 2 is 1.67 bits per heavy atom. The molecule has 0 aliphatic carbocycles. The van der Waals surface area contributed by atoms with Crippen molar-refractivity contribution in [3.8, 4) is 0 Å². The Hall–Kier alpha value is -1.89. The van der Waals surface area contributed by atoms with Crippen molar-refractivity contribution in [3.63, 3.8) is 0 Å². The molecule has 0 spiro atoms. The number of aldehydes is 1. The molecule has 164 valence electrons. The standard InChI is InChI=1S/C18H18F3NO5S3/c19-18(20,21)29(24,25)17-11-16(30(22,26)27)7-6-14(17)10-13(8-9-23)12-28-15-4-2-1-3-5-15/h1-7,9,11,13H,8,10,12H2,(H2,22,26,27)/t13-/m0/s1. The number of alkyl halides is 3. The highest BCUT2D eigenvalue weighted by molar-refractivity contribution is 7.99. The number of rotatable bonds is 9. The lowest BCUT2D eigenvalue weighted by molar-refractivity contribution is -0.108. The summed E-state index contributed by atoms with van der Waals surface area (Å²) in [5.74, 6) is -0.138. The van der Waals surface area contributed by atoms with Crippen molar-refractivity contribution in [2.75, 3.05) is 5.75 Å². The first-order valence-electron chi connectivity index (χ1n) is 8.45. The highest BCUT2D eigenvalue weighted by Crippen LogP contribution is 2.35. The molecule has 1 atom stereocenters. The van der Waals surface area contributed by atoms with E-state index < -0.39 is 41.1 Å². The van der Waals surface area contributed by atoms with Crippen molar-refractivity contribution < 1.29 is 34.8 Å². The smallest absolute Gasteiger partial charge is 0.303 e. The number of halogens is 3. The van der Waals surface area contributed by atoms with Crippen molar-refractivity contribution in [3.05, 3.63) is 54.1 Å². The molecule has 0 heterocycles. The third-order valence-electron chi connectivity index (χ3n) is 4.13. The zero-order valence-electron chi connectivity index (χ0n) is 15.4. The van der Waals surface area contributed by atoms with Crippen LogP contribution in [0.15, 0.2) is 63.2 Å². The third kappa shape index (κ3) is 6.06. The predicted octanol–water partition coefficient (Wildman–Crippen LogP) is 3.17. The van der Waals surface area contributed by atoms with Gasteiger partial charge in [-0.25, -0.2) is 22.0 Å². The Labute approximate surface area is 176 Å². The molecule has 2 aromatic carbocycles. The van der Waals surface area contributed by atoms with Gasteiger partial charge in [-0.3, -0.25) is 0 Å². The van der Waals surface area contributed by atoms with E-state index in [-0.39, 0.29) is 18.4 Å². The third-order valence-corrected chi connectivity index (χ3v) is 7.85. The number of carbonyl (C=O) groups excluding carboxylic acids is 1. The fourth-order valence-corrected chi connectivity index (χ4v) is 5.32. The summed E-state index contributed by atoms with van der Waals surface area (Å²) in [6.45, 7) is 0. The Bertz CT molecular complexity index is 1100. The van der Waals surface area contributed by atoms with Gasteiger partial charge in [0.15, 0.2) is 0 Å². The molecule has 0 aromatic heterocycles. The van der Waals surface area contributed by atoms with Crippen molar-refractivity contribution in [1.82, 2.24) is 0 Å². The highest BCUT2D eigenvalue weighted by Gasteiger charge is 2.48. The van der Waals surface area contributed by atoms with Gasteiger partial charge in [-0.15, -0.1) is 11.8 Å². The molecule has 0 radical (unpaired) electrons. The lowest BCUT2D eigenvalue weighted by Gasteiger charge is -2.18. The second-order valence-electron chi connectivity index (χ2n) is 6.36. The van der Waals surface area contributed by atoms with Gasteiger partial charge in [-0.1, -0.05) is 24.3 Å². The molecular weight excluding hydrogens is 463 g/mol. The van der Waals surface area contributed by atoms with E-state index in [4.69, 9.17) is 5.14 Å². The molecule has 0 bridgehead atoms. The molecule has 30 heavy (non-hydrogen) atoms. The number of nitrogens with two attached hydrogens (primary N) is 1. The van der Waals surface area contributed by atoms with E-state index in [0.717, 1.165) is 17.0 Å². The fraction of sp³-hybridized carbons (Fsp3) is 0.278. The van der Waals surface area contributed by atoms with Gasteiger partial charge in [-0.05, 0) is 42.2 Å². The van der Waals surface area contributed by atoms with E-state index in [0.29, 0.717) is 18.1 Å². The first kappa shape index (κ1) is 24.4. The van der Waals surface area contributed by atoms with Gasteiger partial charge >= 0.3 is 5.51 Å². The van der Waals surface area contributed by atoms with Gasteiger partial charge in [0.25, 0.3) is 9.84 Å². The van der Waals surface area contributed by atoms with Crippen molar-refractivity contribution in [2.24, 2.45) is 11.1 Å². The van der Waals surface area contributed by atoms with Crippen LogP contribution in [-0.4, -0.2) is 34.4 Å². The van der Waals surface area contributed by atoms with Crippen LogP contribution in [0.2, 0.25) is 0 Å². The van der Waals surface area contributed by atoms with Crippen LogP contribution in [0.5, 0.6) is 0 Å². The van der Waals surface area contributed by atoms with E-state index in [2.05, 4.69) is 0 Å². The van der Waals surface area contributed by atoms with Crippen LogP contribution in [0.4, 0.5) is 13.2 Å². The minimum absolute atomic E-state index is 0.0116. The summed E-state index contributed by atoms with van der Waals surface area (Å²) < 4.78 is 86.6. The van der Waals surface area contributed by atoms with Crippen LogP contribution in [0, 0.1) is 5.92 Å². The summed E-state index contributed by atoms with van der Waals surface area (Å²) in [6, 6.07) is 11.4. The molecule has 0 saturated heterocycles. The number of thioether (sulfide) groups is 1. The summed E-state index contributed by atoms with van der Waals surface area (Å²) in [5.41, 5.74) is -5.86. The van der Waals surface area contributed by atoms with Gasteiger partial charge in [0.1, 0.15) is 6.29 Å². The summed E-state index contributed by atoms with van der Waals surface area (Å²) in [5, 5.41) is 4.94. The van der Waals surface area contributed by atoms with Gasteiger partial charge in [0.05, 0.1) is 9.79 Å². The van der Waals surface area contributed by atoms with E-state index >= 15 is 0 Å². The van der Waals surface area contributed by atoms with Crippen LogP contribution < -0.4 is 5.14 Å². The normalized spacial score (nSPS) is 13.7. The number of hydrogen-bond donors (Lipinski definition) is 1. The molecule has 0 amide bonds. The molecule has 12 heteroatoms. The summed E-state index contributed by atoms with van der Waals surface area (Å²) in [6.07, 6.45) is 0.420. The van der Waals surface area contributed by atoms with Crippen LogP contribution >= 0.6 is 11.8 Å². The van der Waals surface area contributed by atoms with E-state index in [1.807, 2.05) is 18.2 Å². The zero-order valence-corrected chi connectivity index (χ0v) is 17.8. The summed E-state index contributed by atoms with van der Waals surface area (Å²) in [7, 11) is -10.3. The summed E-state index contributed by atoms with van der Waals surface area (Å²) in [4.78, 5) is 9.99. The number of hydrogen-bond acceptors (Lipinski definition) is 6. The van der Waals surface area contributed by atoms with Crippen molar-refractivity contribution in [1.29, 1.82) is 0 Å². The fourth-order valence-electron chi connectivity index (χ4n) is 2.64. The van der Waals surface area contributed by atoms with Crippen LogP contribution in [0.1, 0.15) is 12.0 Å². The van der Waals surface area contributed by atoms with Crippen LogP contribution in [-0.2, 0) is 31.1 Å². The molecular formula is C18H18F3NO5S3. The maximum atomic E-state index is 13.2. The van der Waals surface area contributed by atoms with Gasteiger partial charge < -0.3 is 4.79 Å². The maximum Gasteiger partial charge on any atom is 0.501 e. The zero-order chi connectivity index (χ0) is 22.6. The number of sulfonamides is 1. The van der Waals surface area contributed by atoms with Crippen LogP contribution in [0.3, 0.4) is 0 Å². The number of carbonyl (C=O) groups is 1. The average molecular weight is 482 g/mol. The molecule has 2 rings (SSSR count). The second kappa shape index (κ2) is 9.50. The number of sulfone groups is 1. The van der Waals surface area contributed by atoms with E-state index in [1.165, 1.54) is 11.8 Å². The highest BCUT2D eigenvalue weighted by atomic mass is 32.2. The molecule has 2 aromatic rings. The van der Waals surface area contributed by atoms with Crippen LogP contribution in [0.25, 0.3) is 0 Å². The Balaban J connectivity index is 2.43. The molecule has 0 unspecified atom stereocenters. The molecule has 0 fully saturated rings. The quantitative estimate of drug-likeness (QED) is 0.435. The molecule has 0 aliphatic rings. The first-order chi connectivity index (χ1) is 13.9. The Kier molecular flexibility index (Phi) is 7.72. The Morgan fingerprint density at radius 3 is 2.20 bits per heavy atom. The lowest BCUT2D eigenvalue weighted by Crippen LogP contribution is -2.26. The molecule has 6 nitrogen and oxygen atoms in total. The Morgan fingerprint density at radius 1 is 1.03 bits per heavy atom. The number of primary sulfonamides is 1. The topological polar surface area (TPSA) is 111 Å². The molecule has 2 N–H and O–H groups in total. The number of benzene rings is 2. The molecule has 0 aliphatic heterocycles. The first-order valence-corrected chi connectivity index (χ1v) is 12.5. The van der Waals surface area contributed by atoms with E-state index in [9.17, 15) is 34.8 Å². The van der Waals surface area contributed by atoms with E-state index in [1.54, 1.807) is 12.1 Å². The lowest BCUT2D eigenvalue weighted by atomic mass is 9.98. The second-order valence-corrected chi connectivity index (χ2v) is 10.9. The predicted molar refractivity (Wildman–Crippen MR) is 106 cm³/mol. The maximum absolute atomic E-state index is 13.2. The summed E-state index contributed by atoms with van der Waals surface area (Å²) >= 11 is 1.37. The monoisotopic (exact) mass is 481 g/mol. The minimum Gasteiger partial charge on any atom is -0.303 e. The van der Waals surface area contributed by atoms with Crippen molar-refractivity contribution >= 4 is 37.9 Å². The van der Waals surface area contributed by atoms with Gasteiger partial charge in [0, 0.05) is 17.1 Å². The SMILES string of the molecule is NS(=O)(=O)c1ccc(C[C@H](CC=O)CSc2ccccc2)c(S(=O)(=O)C(F)(F)F)c1. The van der Waals surface area contributed by atoms with Gasteiger partial charge in [-0.2, -0.15) is 13.2 Å². The average Bonchev–Trinajstić information content (AvgIpc) is 2.65. The largest absolute Gasteiger partial charge is 0.501 e.